The highest BCUT2D eigenvalue weighted by Crippen LogP contribution is 2.32. The summed E-state index contributed by atoms with van der Waals surface area (Å²) in [5.41, 5.74) is 2.20. The molecule has 3 heterocycles. The third-order valence-corrected chi connectivity index (χ3v) is 5.69. The molecule has 0 radical (unpaired) electrons. The van der Waals surface area contributed by atoms with Crippen LogP contribution in [0.2, 0.25) is 0 Å². The summed E-state index contributed by atoms with van der Waals surface area (Å²) in [5, 5.41) is 5.26. The van der Waals surface area contributed by atoms with Crippen LogP contribution in [0.4, 0.5) is 23.8 Å². The van der Waals surface area contributed by atoms with Gasteiger partial charge in [-0.2, -0.15) is 13.2 Å². The van der Waals surface area contributed by atoms with Crippen molar-refractivity contribution in [1.29, 1.82) is 0 Å². The van der Waals surface area contributed by atoms with Gasteiger partial charge in [-0.25, -0.2) is 19.7 Å². The first kappa shape index (κ1) is 24.9. The van der Waals surface area contributed by atoms with Crippen LogP contribution in [0.3, 0.4) is 0 Å². The number of urea groups is 1. The van der Waals surface area contributed by atoms with Crippen LogP contribution in [-0.4, -0.2) is 71.3 Å². The van der Waals surface area contributed by atoms with Crippen molar-refractivity contribution in [2.45, 2.75) is 25.1 Å². The Morgan fingerprint density at radius 2 is 1.75 bits per heavy atom. The van der Waals surface area contributed by atoms with Crippen LogP contribution in [0.25, 0.3) is 22.4 Å². The molecule has 0 saturated carbocycles. The molecule has 2 N–H and O–H groups in total. The molecule has 13 heteroatoms. The van der Waals surface area contributed by atoms with E-state index in [4.69, 9.17) is 9.47 Å². The van der Waals surface area contributed by atoms with Gasteiger partial charge >= 0.3 is 18.1 Å². The number of methoxy groups -OCH3 is 2. The predicted octanol–water partition coefficient (Wildman–Crippen LogP) is 3.38. The van der Waals surface area contributed by atoms with Gasteiger partial charge in [0.1, 0.15) is 5.52 Å². The number of hydrogen-bond acceptors (Lipinski definition) is 7. The summed E-state index contributed by atoms with van der Waals surface area (Å²) in [6.07, 6.45) is -3.12. The number of carbonyl (C=O) groups excluding carboxylic acids is 2. The lowest BCUT2D eigenvalue weighted by Gasteiger charge is -2.32. The number of likely N-dealkylation sites (tertiary alicyclic amines) is 1. The van der Waals surface area contributed by atoms with E-state index < -0.39 is 18.1 Å². The summed E-state index contributed by atoms with van der Waals surface area (Å²) < 4.78 is 48.3. The second kappa shape index (κ2) is 10.2. The largest absolute Gasteiger partial charge is 0.493 e. The third-order valence-electron chi connectivity index (χ3n) is 5.69. The molecule has 2 aromatic heterocycles. The van der Waals surface area contributed by atoms with E-state index in [-0.39, 0.29) is 37.8 Å². The van der Waals surface area contributed by atoms with E-state index in [1.54, 1.807) is 31.4 Å². The third kappa shape index (κ3) is 5.56. The van der Waals surface area contributed by atoms with E-state index in [0.29, 0.717) is 28.4 Å². The van der Waals surface area contributed by atoms with Gasteiger partial charge in [-0.15, -0.1) is 0 Å². The maximum atomic E-state index is 12.6. The lowest BCUT2D eigenvalue weighted by Crippen LogP contribution is -2.50. The van der Waals surface area contributed by atoms with Crippen molar-refractivity contribution < 1.29 is 32.2 Å². The highest BCUT2D eigenvalue weighted by molar-refractivity contribution is 5.89. The van der Waals surface area contributed by atoms with Crippen LogP contribution < -0.4 is 20.1 Å². The number of benzene rings is 1. The van der Waals surface area contributed by atoms with E-state index in [0.717, 1.165) is 10.5 Å². The second-order valence-corrected chi connectivity index (χ2v) is 8.03. The fourth-order valence-corrected chi connectivity index (χ4v) is 3.86. The van der Waals surface area contributed by atoms with Gasteiger partial charge in [-0.3, -0.25) is 10.1 Å². The van der Waals surface area contributed by atoms with Crippen LogP contribution in [-0.2, 0) is 4.79 Å². The Bertz CT molecular complexity index is 1280. The Kier molecular flexibility index (Phi) is 7.08. The number of rotatable bonds is 5. The Labute approximate surface area is 203 Å². The summed E-state index contributed by atoms with van der Waals surface area (Å²) in [6.45, 7) is -0.191. The minimum Gasteiger partial charge on any atom is -0.493 e. The van der Waals surface area contributed by atoms with Crippen molar-refractivity contribution in [1.82, 2.24) is 25.2 Å². The van der Waals surface area contributed by atoms with Crippen LogP contribution in [0.15, 0.2) is 36.5 Å². The average Bonchev–Trinajstić information content (AvgIpc) is 2.87. The first-order valence-electron chi connectivity index (χ1n) is 11.0. The molecule has 3 aromatic rings. The standard InChI is InChI=1S/C23H23F3N6O4/c1-35-17-6-3-13(11-18(17)36-2)15-4-5-16-20(29-15)30-19(12-27-16)31-22(34)28-14-7-9-32(10-8-14)21(33)23(24,25)26/h3-6,11-12,14H,7-10H2,1-2H3,(H2,28,29,30,31,34). The molecule has 1 aliphatic rings. The molecule has 190 valence electrons. The Morgan fingerprint density at radius 1 is 1.03 bits per heavy atom. The van der Waals surface area contributed by atoms with E-state index in [2.05, 4.69) is 25.6 Å². The molecule has 1 saturated heterocycles. The van der Waals surface area contributed by atoms with Crippen molar-refractivity contribution >= 4 is 28.9 Å². The molecule has 0 atom stereocenters. The van der Waals surface area contributed by atoms with Gasteiger partial charge in [-0.1, -0.05) is 0 Å². The number of fused-ring (bicyclic) bond motifs is 1. The number of piperidine rings is 1. The maximum absolute atomic E-state index is 12.6. The zero-order valence-corrected chi connectivity index (χ0v) is 19.4. The molecular weight excluding hydrogens is 481 g/mol. The highest BCUT2D eigenvalue weighted by Gasteiger charge is 2.43. The van der Waals surface area contributed by atoms with Crippen molar-refractivity contribution in [3.05, 3.63) is 36.5 Å². The average molecular weight is 504 g/mol. The number of ether oxygens (including phenoxy) is 2. The van der Waals surface area contributed by atoms with Crippen LogP contribution in [0, 0.1) is 0 Å². The number of anilines is 1. The van der Waals surface area contributed by atoms with Crippen LogP contribution >= 0.6 is 0 Å². The normalized spacial score (nSPS) is 14.4. The molecule has 1 aromatic carbocycles. The summed E-state index contributed by atoms with van der Waals surface area (Å²) in [5.74, 6) is -0.584. The van der Waals surface area contributed by atoms with E-state index in [9.17, 15) is 22.8 Å². The van der Waals surface area contributed by atoms with Crippen molar-refractivity contribution in [2.24, 2.45) is 0 Å². The first-order chi connectivity index (χ1) is 17.2. The Morgan fingerprint density at radius 3 is 2.42 bits per heavy atom. The molecular formula is C23H23F3N6O4. The van der Waals surface area contributed by atoms with Gasteiger partial charge in [0.2, 0.25) is 0 Å². The fourth-order valence-electron chi connectivity index (χ4n) is 3.86. The lowest BCUT2D eigenvalue weighted by atomic mass is 10.1. The van der Waals surface area contributed by atoms with Crippen LogP contribution in [0.5, 0.6) is 11.5 Å². The van der Waals surface area contributed by atoms with Crippen molar-refractivity contribution in [3.8, 4) is 22.8 Å². The number of alkyl halides is 3. The topological polar surface area (TPSA) is 119 Å². The number of halogens is 3. The number of nitrogens with zero attached hydrogens (tertiary/aromatic N) is 4. The summed E-state index contributed by atoms with van der Waals surface area (Å²) in [4.78, 5) is 37.7. The zero-order valence-electron chi connectivity index (χ0n) is 19.4. The van der Waals surface area contributed by atoms with E-state index in [1.807, 2.05) is 6.07 Å². The summed E-state index contributed by atoms with van der Waals surface area (Å²) in [7, 11) is 3.08. The van der Waals surface area contributed by atoms with Crippen LogP contribution in [0.1, 0.15) is 12.8 Å². The van der Waals surface area contributed by atoms with E-state index in [1.165, 1.54) is 13.3 Å². The van der Waals surface area contributed by atoms with Gasteiger partial charge in [0.15, 0.2) is 23.0 Å². The molecule has 0 spiro atoms. The van der Waals surface area contributed by atoms with Crippen molar-refractivity contribution in [2.75, 3.05) is 32.6 Å². The number of aromatic nitrogens is 3. The van der Waals surface area contributed by atoms with Gasteiger partial charge in [0.05, 0.1) is 26.1 Å². The number of carbonyl (C=O) groups is 2. The molecule has 10 nitrogen and oxygen atoms in total. The molecule has 36 heavy (non-hydrogen) atoms. The Balaban J connectivity index is 1.41. The zero-order chi connectivity index (χ0) is 25.9. The minimum absolute atomic E-state index is 0.0953. The summed E-state index contributed by atoms with van der Waals surface area (Å²) in [6, 6.07) is 7.94. The van der Waals surface area contributed by atoms with E-state index >= 15 is 0 Å². The predicted molar refractivity (Wildman–Crippen MR) is 124 cm³/mol. The van der Waals surface area contributed by atoms with Gasteiger partial charge in [-0.05, 0) is 43.2 Å². The number of pyridine rings is 1. The monoisotopic (exact) mass is 504 g/mol. The van der Waals surface area contributed by atoms with Gasteiger partial charge < -0.3 is 19.7 Å². The van der Waals surface area contributed by atoms with Gasteiger partial charge in [0.25, 0.3) is 0 Å². The smallest absolute Gasteiger partial charge is 0.471 e. The Hall–Kier alpha value is -4.16. The fraction of sp³-hybridized carbons (Fsp3) is 0.348. The highest BCUT2D eigenvalue weighted by atomic mass is 19.4. The first-order valence-corrected chi connectivity index (χ1v) is 11.0. The lowest BCUT2D eigenvalue weighted by molar-refractivity contribution is -0.186. The molecule has 4 rings (SSSR count). The molecule has 1 fully saturated rings. The molecule has 0 unspecified atom stereocenters. The molecule has 1 aliphatic heterocycles. The quantitative estimate of drug-likeness (QED) is 0.547. The minimum atomic E-state index is -4.90. The molecule has 0 aliphatic carbocycles. The SMILES string of the molecule is COc1ccc(-c2ccc3ncc(NC(=O)NC4CCN(C(=O)C(F)(F)F)CC4)nc3n2)cc1OC. The number of hydrogen-bond donors (Lipinski definition) is 2. The van der Waals surface area contributed by atoms with Gasteiger partial charge in [0, 0.05) is 24.7 Å². The maximum Gasteiger partial charge on any atom is 0.471 e. The molecule has 3 amide bonds. The second-order valence-electron chi connectivity index (χ2n) is 8.03. The molecule has 0 bridgehead atoms. The van der Waals surface area contributed by atoms with Crippen molar-refractivity contribution in [3.63, 3.8) is 0 Å². The summed E-state index contributed by atoms with van der Waals surface area (Å²) >= 11 is 0. The number of amides is 3. The number of nitrogens with one attached hydrogen (secondary N) is 2.